The number of benzene rings is 1. The fourth-order valence-corrected chi connectivity index (χ4v) is 4.30. The smallest absolute Gasteiger partial charge is 0.345 e. The molecule has 13 heteroatoms. The number of hydrogen-bond acceptors (Lipinski definition) is 7. The van der Waals surface area contributed by atoms with Crippen LogP contribution in [0.15, 0.2) is 43.0 Å². The molecule has 0 bridgehead atoms. The Balaban J connectivity index is 2.05. The zero-order valence-corrected chi connectivity index (χ0v) is 18.8. The van der Waals surface area contributed by atoms with Gasteiger partial charge in [-0.15, -0.1) is 4.40 Å². The Labute approximate surface area is 183 Å². The molecule has 164 valence electrons. The number of nitrogens with zero attached hydrogens (tertiary/aromatic N) is 2. The number of aryl methyl sites for hydroxylation is 1. The minimum Gasteiger partial charge on any atom is -0.504 e. The molecule has 1 aliphatic rings. The van der Waals surface area contributed by atoms with Crippen molar-refractivity contribution in [2.45, 2.75) is 38.6 Å². The summed E-state index contributed by atoms with van der Waals surface area (Å²) in [6, 6.07) is 5.59. The second kappa shape index (κ2) is 8.13. The van der Waals surface area contributed by atoms with Crippen molar-refractivity contribution in [2.75, 3.05) is 5.32 Å². The van der Waals surface area contributed by atoms with Crippen LogP contribution in [0.4, 0.5) is 5.69 Å². The summed E-state index contributed by atoms with van der Waals surface area (Å²) in [5.74, 6) is 0.307. The number of aliphatic imine (C=N–C) groups is 1. The third-order valence-electron chi connectivity index (χ3n) is 4.36. The van der Waals surface area contributed by atoms with Crippen molar-refractivity contribution in [1.82, 2.24) is 4.72 Å². The second-order valence-electron chi connectivity index (χ2n) is 7.97. The van der Waals surface area contributed by atoms with Gasteiger partial charge in [0.2, 0.25) is 0 Å². The van der Waals surface area contributed by atoms with Crippen LogP contribution in [-0.4, -0.2) is 41.8 Å². The standard InChI is InChI=1S/C18H21BN4O6S2/c1-9-5-8-12(29-9)15(18(2,3)4)21-17-16(22-31(27,28)23-17)20-11-7-6-10(19)14(13(11)24)30(25)26/h5-8,15,24H,1-4H3,(H,20,22)(H,21,23)(H,25,26)/t15-/m0/s1. The first-order valence-electron chi connectivity index (χ1n) is 9.05. The van der Waals surface area contributed by atoms with Gasteiger partial charge in [-0.2, -0.15) is 8.42 Å². The molecule has 1 aromatic heterocycles. The number of phenolic OH excluding ortho intramolecular Hbond substituents is 1. The largest absolute Gasteiger partial charge is 0.504 e. The van der Waals surface area contributed by atoms with E-state index < -0.39 is 43.4 Å². The lowest BCUT2D eigenvalue weighted by Crippen LogP contribution is -2.32. The number of rotatable bonds is 4. The molecule has 1 aliphatic heterocycles. The zero-order chi connectivity index (χ0) is 23.1. The van der Waals surface area contributed by atoms with E-state index in [9.17, 15) is 22.3 Å². The van der Waals surface area contributed by atoms with E-state index >= 15 is 0 Å². The van der Waals surface area contributed by atoms with E-state index in [-0.39, 0.29) is 22.8 Å². The van der Waals surface area contributed by atoms with Gasteiger partial charge in [-0.1, -0.05) is 32.3 Å². The molecular formula is C18H21BN4O6S2. The lowest BCUT2D eigenvalue weighted by atomic mass is 9.85. The molecule has 1 unspecified atom stereocenters. The minimum atomic E-state index is -4.08. The van der Waals surface area contributed by atoms with Crippen LogP contribution in [0.5, 0.6) is 5.75 Å². The van der Waals surface area contributed by atoms with Crippen LogP contribution in [0.2, 0.25) is 0 Å². The Morgan fingerprint density at radius 3 is 2.52 bits per heavy atom. The van der Waals surface area contributed by atoms with Crippen molar-refractivity contribution in [3.05, 3.63) is 35.8 Å². The van der Waals surface area contributed by atoms with Crippen molar-refractivity contribution in [3.8, 4) is 5.75 Å². The van der Waals surface area contributed by atoms with Crippen molar-refractivity contribution in [3.63, 3.8) is 0 Å². The van der Waals surface area contributed by atoms with Gasteiger partial charge in [0, 0.05) is 0 Å². The lowest BCUT2D eigenvalue weighted by molar-refractivity contribution is 0.284. The fourth-order valence-electron chi connectivity index (χ4n) is 2.94. The van der Waals surface area contributed by atoms with Crippen molar-refractivity contribution in [1.29, 1.82) is 0 Å². The Morgan fingerprint density at radius 2 is 1.97 bits per heavy atom. The summed E-state index contributed by atoms with van der Waals surface area (Å²) >= 11 is -2.56. The van der Waals surface area contributed by atoms with Crippen LogP contribution >= 0.6 is 0 Å². The monoisotopic (exact) mass is 464 g/mol. The molecule has 0 spiro atoms. The predicted octanol–water partition coefficient (Wildman–Crippen LogP) is 1.51. The summed E-state index contributed by atoms with van der Waals surface area (Å²) in [7, 11) is 1.55. The molecule has 2 heterocycles. The molecule has 0 saturated carbocycles. The summed E-state index contributed by atoms with van der Waals surface area (Å²) in [6.07, 6.45) is 0. The van der Waals surface area contributed by atoms with Gasteiger partial charge in [-0.05, 0) is 30.5 Å². The van der Waals surface area contributed by atoms with Crippen LogP contribution in [0.3, 0.4) is 0 Å². The van der Waals surface area contributed by atoms with Gasteiger partial charge >= 0.3 is 10.2 Å². The van der Waals surface area contributed by atoms with Gasteiger partial charge < -0.3 is 19.4 Å². The quantitative estimate of drug-likeness (QED) is 0.304. The van der Waals surface area contributed by atoms with E-state index in [2.05, 4.69) is 19.4 Å². The van der Waals surface area contributed by atoms with Gasteiger partial charge in [0.15, 0.2) is 28.5 Å². The number of anilines is 1. The molecule has 0 fully saturated rings. The number of furan rings is 1. The number of hydrogen-bond donors (Lipinski definition) is 4. The number of nitrogens with one attached hydrogen (secondary N) is 2. The van der Waals surface area contributed by atoms with E-state index in [4.69, 9.17) is 12.3 Å². The minimum absolute atomic E-state index is 0.0712. The van der Waals surface area contributed by atoms with E-state index in [0.717, 1.165) is 0 Å². The summed E-state index contributed by atoms with van der Waals surface area (Å²) in [5.41, 5.74) is -0.614. The van der Waals surface area contributed by atoms with Crippen molar-refractivity contribution in [2.24, 2.45) is 14.8 Å². The van der Waals surface area contributed by atoms with E-state index in [1.807, 2.05) is 20.8 Å². The summed E-state index contributed by atoms with van der Waals surface area (Å²) in [4.78, 5) is 4.13. The normalized spacial score (nSPS) is 19.0. The van der Waals surface area contributed by atoms with Crippen LogP contribution in [-0.2, 0) is 21.3 Å². The van der Waals surface area contributed by atoms with Crippen molar-refractivity contribution < 1.29 is 26.7 Å². The maximum absolute atomic E-state index is 12.1. The molecule has 3 rings (SSSR count). The molecule has 0 amide bonds. The van der Waals surface area contributed by atoms with Crippen LogP contribution in [0.25, 0.3) is 0 Å². The first kappa shape index (κ1) is 23.0. The Morgan fingerprint density at radius 1 is 1.29 bits per heavy atom. The maximum atomic E-state index is 12.1. The third kappa shape index (κ3) is 5.00. The summed E-state index contributed by atoms with van der Waals surface area (Å²) in [5, 5.41) is 13.0. The van der Waals surface area contributed by atoms with Gasteiger partial charge in [0.1, 0.15) is 30.3 Å². The maximum Gasteiger partial charge on any atom is 0.345 e. The molecule has 0 saturated heterocycles. The number of phenols is 1. The molecular weight excluding hydrogens is 443 g/mol. The highest BCUT2D eigenvalue weighted by Gasteiger charge is 2.34. The van der Waals surface area contributed by atoms with E-state index in [0.29, 0.717) is 11.5 Å². The van der Waals surface area contributed by atoms with Crippen LogP contribution in [0, 0.1) is 12.3 Å². The van der Waals surface area contributed by atoms with Crippen LogP contribution in [0.1, 0.15) is 38.3 Å². The van der Waals surface area contributed by atoms with Gasteiger partial charge in [0.05, 0.1) is 5.69 Å². The van der Waals surface area contributed by atoms with Crippen LogP contribution < -0.4 is 15.5 Å². The average Bonchev–Trinajstić information content (AvgIpc) is 3.16. The Kier molecular flexibility index (Phi) is 6.04. The molecule has 4 N–H and O–H groups in total. The number of amidine groups is 2. The van der Waals surface area contributed by atoms with Crippen molar-refractivity contribution >= 4 is 52.0 Å². The molecule has 31 heavy (non-hydrogen) atoms. The highest BCUT2D eigenvalue weighted by atomic mass is 32.2. The van der Waals surface area contributed by atoms with E-state index in [1.165, 1.54) is 12.1 Å². The Bertz CT molecular complexity index is 1210. The summed E-state index contributed by atoms with van der Waals surface area (Å²) < 4.78 is 56.6. The van der Waals surface area contributed by atoms with Gasteiger partial charge in [0.25, 0.3) is 0 Å². The Hall–Kier alpha value is -2.64. The number of aromatic hydroxyl groups is 1. The zero-order valence-electron chi connectivity index (χ0n) is 17.2. The first-order chi connectivity index (χ1) is 14.3. The van der Waals surface area contributed by atoms with Gasteiger partial charge in [-0.25, -0.2) is 8.93 Å². The molecule has 0 aliphatic carbocycles. The molecule has 2 radical (unpaired) electrons. The SMILES string of the molecule is [B]c1ccc(NC2=NS(=O)(=O)NC2=N[C@@H](c2ccc(C)o2)C(C)(C)C)c(O)c1S(=O)O. The third-order valence-corrected chi connectivity index (χ3v) is 6.01. The topological polar surface area (TPSA) is 154 Å². The predicted molar refractivity (Wildman–Crippen MR) is 119 cm³/mol. The first-order valence-corrected chi connectivity index (χ1v) is 11.6. The lowest BCUT2D eigenvalue weighted by Gasteiger charge is -2.26. The highest BCUT2D eigenvalue weighted by Crippen LogP contribution is 2.37. The average molecular weight is 464 g/mol. The molecule has 2 atom stereocenters. The fraction of sp³-hybridized carbons (Fsp3) is 0.333. The van der Waals surface area contributed by atoms with E-state index in [1.54, 1.807) is 19.1 Å². The highest BCUT2D eigenvalue weighted by molar-refractivity contribution is 7.89. The molecule has 2 aromatic rings. The summed E-state index contributed by atoms with van der Waals surface area (Å²) in [6.45, 7) is 7.54. The van der Waals surface area contributed by atoms with Gasteiger partial charge in [-0.3, -0.25) is 4.99 Å². The second-order valence-corrected chi connectivity index (χ2v) is 10.2. The molecule has 10 nitrogen and oxygen atoms in total. The molecule has 1 aromatic carbocycles.